The van der Waals surface area contributed by atoms with Gasteiger partial charge in [0.2, 0.25) is 0 Å². The van der Waals surface area contributed by atoms with E-state index in [0.717, 1.165) is 5.01 Å². The van der Waals surface area contributed by atoms with Crippen LogP contribution in [-0.4, -0.2) is 59.4 Å². The first-order valence-corrected chi connectivity index (χ1v) is 12.3. The molecule has 0 saturated carbocycles. The summed E-state index contributed by atoms with van der Waals surface area (Å²) >= 11 is 6.14. The number of benzene rings is 1. The van der Waals surface area contributed by atoms with Gasteiger partial charge in [0.25, 0.3) is 17.6 Å². The molecular weight excluding hydrogens is 547 g/mol. The second-order valence-corrected chi connectivity index (χ2v) is 9.13. The number of carbonyl (C=O) groups excluding carboxylic acids is 2. The zero-order valence-corrected chi connectivity index (χ0v) is 23.8. The summed E-state index contributed by atoms with van der Waals surface area (Å²) in [7, 11) is 2.76. The van der Waals surface area contributed by atoms with Gasteiger partial charge in [-0.15, -0.1) is 0 Å². The van der Waals surface area contributed by atoms with Crippen molar-refractivity contribution in [2.24, 2.45) is 10.1 Å². The van der Waals surface area contributed by atoms with Gasteiger partial charge >= 0.3 is 6.18 Å². The third-order valence-corrected chi connectivity index (χ3v) is 6.08. The molecule has 0 fully saturated rings. The van der Waals surface area contributed by atoms with E-state index in [1.165, 1.54) is 30.9 Å². The van der Waals surface area contributed by atoms with E-state index in [0.29, 0.717) is 21.9 Å². The summed E-state index contributed by atoms with van der Waals surface area (Å²) in [5.74, 6) is -2.53. The van der Waals surface area contributed by atoms with E-state index in [2.05, 4.69) is 39.1 Å². The van der Waals surface area contributed by atoms with E-state index in [1.54, 1.807) is 39.0 Å². The molecule has 2 rings (SSSR count). The van der Waals surface area contributed by atoms with Crippen LogP contribution in [0.5, 0.6) is 0 Å². The molecule has 0 bridgehead atoms. The van der Waals surface area contributed by atoms with Crippen LogP contribution in [0.15, 0.2) is 58.7 Å². The van der Waals surface area contributed by atoms with Crippen molar-refractivity contribution < 1.29 is 22.8 Å². The lowest BCUT2D eigenvalue weighted by Crippen LogP contribution is -2.26. The summed E-state index contributed by atoms with van der Waals surface area (Å²) in [6, 6.07) is 3.61. The summed E-state index contributed by atoms with van der Waals surface area (Å²) in [5, 5.41) is 14.6. The molecule has 1 atom stereocenters. The molecule has 2 aromatic rings. The second-order valence-electron chi connectivity index (χ2n) is 8.70. The van der Waals surface area contributed by atoms with Crippen LogP contribution in [0.3, 0.4) is 0 Å². The average Bonchev–Trinajstić information content (AvgIpc) is 3.34. The van der Waals surface area contributed by atoms with Crippen LogP contribution < -0.4 is 10.6 Å². The molecule has 214 valence electrons. The maximum absolute atomic E-state index is 13.6. The molecule has 2 amide bonds. The van der Waals surface area contributed by atoms with Gasteiger partial charge in [-0.1, -0.05) is 36.4 Å². The summed E-state index contributed by atoms with van der Waals surface area (Å²) in [5.41, 5.74) is 2.17. The molecule has 2 N–H and O–H groups in total. The van der Waals surface area contributed by atoms with Crippen molar-refractivity contribution in [3.8, 4) is 0 Å². The van der Waals surface area contributed by atoms with E-state index >= 15 is 0 Å². The van der Waals surface area contributed by atoms with Crippen molar-refractivity contribution in [3.05, 3.63) is 76.1 Å². The molecule has 0 saturated heterocycles. The minimum absolute atomic E-state index is 0.0209. The van der Waals surface area contributed by atoms with Crippen LogP contribution in [0.25, 0.3) is 5.70 Å². The van der Waals surface area contributed by atoms with Crippen molar-refractivity contribution in [2.75, 3.05) is 19.4 Å². The number of hydrogen-bond donors (Lipinski definition) is 2. The molecule has 0 aliphatic rings. The van der Waals surface area contributed by atoms with Gasteiger partial charge in [-0.05, 0) is 63.7 Å². The van der Waals surface area contributed by atoms with Gasteiger partial charge in [-0.3, -0.25) is 14.6 Å². The molecule has 40 heavy (non-hydrogen) atoms. The Labute approximate surface area is 235 Å². The van der Waals surface area contributed by atoms with E-state index in [4.69, 9.17) is 11.6 Å². The Bertz CT molecular complexity index is 1410. The summed E-state index contributed by atoms with van der Waals surface area (Å²) in [6.07, 6.45) is 0.554. The quantitative estimate of drug-likeness (QED) is 0.165. The molecular formula is C27H31ClF3N7O2. The van der Waals surface area contributed by atoms with Crippen LogP contribution >= 0.6 is 11.6 Å². The number of nitrogens with one attached hydrogen (secondary N) is 2. The number of hydrazone groups is 1. The monoisotopic (exact) mass is 577 g/mol. The van der Waals surface area contributed by atoms with Crippen LogP contribution in [0.2, 0.25) is 5.02 Å². The van der Waals surface area contributed by atoms with Crippen molar-refractivity contribution in [2.45, 2.75) is 39.9 Å². The highest BCUT2D eigenvalue weighted by Gasteiger charge is 2.36. The first-order chi connectivity index (χ1) is 18.7. The Balaban J connectivity index is 2.64. The summed E-state index contributed by atoms with van der Waals surface area (Å²) in [6.45, 7) is 13.8. The first kappa shape index (κ1) is 32.0. The lowest BCUT2D eigenvalue weighted by molar-refractivity contribution is -0.0612. The van der Waals surface area contributed by atoms with E-state index in [-0.39, 0.29) is 22.6 Å². The number of anilines is 1. The number of alkyl halides is 3. The van der Waals surface area contributed by atoms with Crippen LogP contribution in [0, 0.1) is 6.92 Å². The number of aliphatic imine (C=N–C) groups is 1. The van der Waals surface area contributed by atoms with E-state index < -0.39 is 29.9 Å². The maximum atomic E-state index is 13.6. The highest BCUT2D eigenvalue weighted by atomic mass is 35.5. The Morgan fingerprint density at radius 3 is 2.45 bits per heavy atom. The molecule has 0 radical (unpaired) electrons. The minimum Gasteiger partial charge on any atom is -0.355 e. The smallest absolute Gasteiger partial charge is 0.355 e. The Morgan fingerprint density at radius 2 is 1.90 bits per heavy atom. The number of aromatic nitrogens is 2. The molecule has 1 aromatic carbocycles. The number of amidine groups is 1. The summed E-state index contributed by atoms with van der Waals surface area (Å²) in [4.78, 5) is 29.1. The van der Waals surface area contributed by atoms with Crippen LogP contribution in [0.1, 0.15) is 58.9 Å². The predicted molar refractivity (Wildman–Crippen MR) is 153 cm³/mol. The van der Waals surface area contributed by atoms with E-state index in [9.17, 15) is 22.8 Å². The number of hydrogen-bond acceptors (Lipinski definition) is 5. The van der Waals surface area contributed by atoms with E-state index in [1.807, 2.05) is 13.0 Å². The van der Waals surface area contributed by atoms with Crippen molar-refractivity contribution in [1.29, 1.82) is 0 Å². The summed E-state index contributed by atoms with van der Waals surface area (Å²) < 4.78 is 40.8. The number of carbonyl (C=O) groups is 2. The number of nitrogens with zero attached hydrogens (tertiary/aromatic N) is 5. The SMILES string of the molecule is C=N/C(=N\N(C)C(C)c1cc(C(=O)Nc2c(C)cc(Cl)cc2C(=O)NC)n(C(=C)/C(C)=C\C=C/C)n1)C(F)(F)F. The third-order valence-electron chi connectivity index (χ3n) is 5.87. The molecule has 0 aliphatic heterocycles. The fourth-order valence-electron chi connectivity index (χ4n) is 3.48. The Morgan fingerprint density at radius 1 is 1.25 bits per heavy atom. The second kappa shape index (κ2) is 13.2. The topological polar surface area (TPSA) is 104 Å². The van der Waals surface area contributed by atoms with Gasteiger partial charge in [0.15, 0.2) is 0 Å². The van der Waals surface area contributed by atoms with Gasteiger partial charge in [-0.2, -0.15) is 23.4 Å². The number of rotatable bonds is 9. The standard InChI is InChI=1S/C27H31ClF3N7O2/c1-9-10-11-15(2)17(4)38-22(14-21(35-38)18(5)37(8)36-26(33-7)27(29,30)31)25(40)34-23-16(3)12-19(28)13-20(23)24(39)32-6/h9-14,18H,4,7H2,1-3,5-6,8H3,(H,32,39)(H,34,40)/b10-9-,15-11-,36-26-. The molecule has 1 heterocycles. The molecule has 0 aliphatic carbocycles. The normalized spacial score (nSPS) is 13.2. The van der Waals surface area contributed by atoms with Crippen LogP contribution in [-0.2, 0) is 0 Å². The molecule has 1 unspecified atom stereocenters. The lowest BCUT2D eigenvalue weighted by Gasteiger charge is -2.21. The molecule has 0 spiro atoms. The first-order valence-electron chi connectivity index (χ1n) is 11.9. The van der Waals surface area contributed by atoms with Crippen molar-refractivity contribution in [3.63, 3.8) is 0 Å². The third kappa shape index (κ3) is 7.47. The highest BCUT2D eigenvalue weighted by molar-refractivity contribution is 6.31. The molecule has 9 nitrogen and oxygen atoms in total. The molecule has 13 heteroatoms. The Hall–Kier alpha value is -4.19. The maximum Gasteiger partial charge on any atom is 0.453 e. The number of amides is 2. The average molecular weight is 578 g/mol. The number of aryl methyl sites for hydroxylation is 1. The fraction of sp³-hybridized carbons (Fsp3) is 0.296. The number of halogens is 4. The van der Waals surface area contributed by atoms with Gasteiger partial charge in [0.1, 0.15) is 5.69 Å². The van der Waals surface area contributed by atoms with Gasteiger partial charge in [0, 0.05) is 19.1 Å². The van der Waals surface area contributed by atoms with Gasteiger partial charge < -0.3 is 10.6 Å². The zero-order chi connectivity index (χ0) is 30.4. The van der Waals surface area contributed by atoms with Gasteiger partial charge in [-0.25, -0.2) is 9.67 Å². The lowest BCUT2D eigenvalue weighted by atomic mass is 10.1. The Kier molecular flexibility index (Phi) is 10.6. The highest BCUT2D eigenvalue weighted by Crippen LogP contribution is 2.29. The molecule has 1 aromatic heterocycles. The minimum atomic E-state index is -4.80. The predicted octanol–water partition coefficient (Wildman–Crippen LogP) is 6.02. The zero-order valence-electron chi connectivity index (χ0n) is 23.0. The van der Waals surface area contributed by atoms with Gasteiger partial charge in [0.05, 0.1) is 28.7 Å². The van der Waals surface area contributed by atoms with Crippen molar-refractivity contribution in [1.82, 2.24) is 20.1 Å². The number of allylic oxidation sites excluding steroid dienone is 5. The largest absolute Gasteiger partial charge is 0.453 e. The van der Waals surface area contributed by atoms with Crippen molar-refractivity contribution >= 4 is 47.4 Å². The van der Waals surface area contributed by atoms with Crippen LogP contribution in [0.4, 0.5) is 18.9 Å². The fourth-order valence-corrected chi connectivity index (χ4v) is 3.75.